The molecule has 1 aliphatic heterocycles. The van der Waals surface area contributed by atoms with E-state index in [2.05, 4.69) is 15.0 Å². The maximum absolute atomic E-state index is 13.3. The van der Waals surface area contributed by atoms with Gasteiger partial charge < -0.3 is 4.90 Å². The van der Waals surface area contributed by atoms with Gasteiger partial charge in [-0.1, -0.05) is 6.07 Å². The van der Waals surface area contributed by atoms with Crippen LogP contribution in [-0.2, 0) is 0 Å². The third-order valence-corrected chi connectivity index (χ3v) is 5.88. The molecule has 0 saturated carbocycles. The van der Waals surface area contributed by atoms with E-state index in [4.69, 9.17) is 4.98 Å². The van der Waals surface area contributed by atoms with Crippen LogP contribution in [0, 0.1) is 6.92 Å². The van der Waals surface area contributed by atoms with Crippen molar-refractivity contribution in [3.05, 3.63) is 84.3 Å². The molecule has 4 heterocycles. The molecule has 1 saturated heterocycles. The van der Waals surface area contributed by atoms with E-state index in [9.17, 15) is 4.79 Å². The highest BCUT2D eigenvalue weighted by Crippen LogP contribution is 2.33. The number of carbonyl (C=O) groups excluding carboxylic acids is 1. The topological polar surface area (TPSA) is 71.9 Å². The van der Waals surface area contributed by atoms with Crippen LogP contribution < -0.4 is 0 Å². The van der Waals surface area contributed by atoms with Crippen LogP contribution >= 0.6 is 0 Å². The first-order chi connectivity index (χ1) is 15.2. The van der Waals surface area contributed by atoms with E-state index >= 15 is 0 Å². The fraction of sp³-hybridized carbons (Fsp3) is 0.240. The largest absolute Gasteiger partial charge is 0.338 e. The van der Waals surface area contributed by atoms with Gasteiger partial charge in [0.1, 0.15) is 5.82 Å². The Balaban J connectivity index is 1.44. The van der Waals surface area contributed by atoms with Crippen molar-refractivity contribution < 1.29 is 4.79 Å². The van der Waals surface area contributed by atoms with Crippen molar-refractivity contribution in [2.45, 2.75) is 25.7 Å². The highest BCUT2D eigenvalue weighted by atomic mass is 16.2. The number of hydrogen-bond donors (Lipinski definition) is 0. The summed E-state index contributed by atoms with van der Waals surface area (Å²) >= 11 is 0. The number of amides is 1. The lowest BCUT2D eigenvalue weighted by Gasteiger charge is -2.33. The van der Waals surface area contributed by atoms with Crippen LogP contribution in [0.3, 0.4) is 0 Å². The van der Waals surface area contributed by atoms with Gasteiger partial charge in [-0.25, -0.2) is 9.97 Å². The summed E-state index contributed by atoms with van der Waals surface area (Å²) in [7, 11) is 0. The summed E-state index contributed by atoms with van der Waals surface area (Å²) in [6.07, 6.45) is 9.17. The SMILES string of the molecule is Cc1ncc(-c2ccncc2)c([C@@H]2CCCN(C(=O)c3ccc4ncccc4c3)C2)n1. The Labute approximate surface area is 181 Å². The van der Waals surface area contributed by atoms with Gasteiger partial charge in [-0.05, 0) is 61.7 Å². The standard InChI is InChI=1S/C25H23N5O/c1-17-28-15-22(18-8-11-26-12-9-18)24(29-17)21-5-3-13-30(16-21)25(31)20-6-7-23-19(14-20)4-2-10-27-23/h2,4,6-12,14-15,21H,3,5,13,16H2,1H3/t21-/m1/s1. The normalized spacial score (nSPS) is 16.4. The molecule has 1 aliphatic rings. The van der Waals surface area contributed by atoms with Gasteiger partial charge in [-0.2, -0.15) is 0 Å². The molecule has 154 valence electrons. The first kappa shape index (κ1) is 19.3. The maximum atomic E-state index is 13.3. The third kappa shape index (κ3) is 3.89. The highest BCUT2D eigenvalue weighted by molar-refractivity contribution is 5.98. The molecule has 5 rings (SSSR count). The molecule has 6 nitrogen and oxygen atoms in total. The van der Waals surface area contributed by atoms with Crippen molar-refractivity contribution in [2.24, 2.45) is 0 Å². The molecule has 0 N–H and O–H groups in total. The molecular weight excluding hydrogens is 386 g/mol. The van der Waals surface area contributed by atoms with Crippen molar-refractivity contribution >= 4 is 16.8 Å². The van der Waals surface area contributed by atoms with Crippen molar-refractivity contribution in [1.82, 2.24) is 24.8 Å². The summed E-state index contributed by atoms with van der Waals surface area (Å²) in [6, 6.07) is 13.6. The van der Waals surface area contributed by atoms with Gasteiger partial charge in [0, 0.05) is 60.3 Å². The molecule has 1 amide bonds. The highest BCUT2D eigenvalue weighted by Gasteiger charge is 2.28. The van der Waals surface area contributed by atoms with Crippen LogP contribution in [0.15, 0.2) is 67.3 Å². The molecule has 0 bridgehead atoms. The van der Waals surface area contributed by atoms with Crippen molar-refractivity contribution in [3.63, 3.8) is 0 Å². The number of hydrogen-bond acceptors (Lipinski definition) is 5. The maximum Gasteiger partial charge on any atom is 0.253 e. The first-order valence-electron chi connectivity index (χ1n) is 10.6. The Morgan fingerprint density at radius 1 is 1.06 bits per heavy atom. The van der Waals surface area contributed by atoms with Gasteiger partial charge in [0.05, 0.1) is 11.2 Å². The average Bonchev–Trinajstić information content (AvgIpc) is 2.84. The summed E-state index contributed by atoms with van der Waals surface area (Å²) in [5, 5.41) is 0.980. The average molecular weight is 409 g/mol. The monoisotopic (exact) mass is 409 g/mol. The van der Waals surface area contributed by atoms with E-state index in [1.807, 2.05) is 60.5 Å². The van der Waals surface area contributed by atoms with E-state index in [-0.39, 0.29) is 11.8 Å². The molecule has 3 aromatic heterocycles. The third-order valence-electron chi connectivity index (χ3n) is 5.88. The van der Waals surface area contributed by atoms with Gasteiger partial charge in [0.15, 0.2) is 0 Å². The van der Waals surface area contributed by atoms with Crippen molar-refractivity contribution in [3.8, 4) is 11.1 Å². The smallest absolute Gasteiger partial charge is 0.253 e. The number of benzene rings is 1. The zero-order chi connectivity index (χ0) is 21.2. The van der Waals surface area contributed by atoms with Gasteiger partial charge in [-0.3, -0.25) is 14.8 Å². The minimum atomic E-state index is 0.0618. The number of rotatable bonds is 3. The molecule has 31 heavy (non-hydrogen) atoms. The Morgan fingerprint density at radius 3 is 2.81 bits per heavy atom. The lowest BCUT2D eigenvalue weighted by Crippen LogP contribution is -2.39. The molecule has 1 fully saturated rings. The van der Waals surface area contributed by atoms with E-state index in [1.54, 1.807) is 18.6 Å². The summed E-state index contributed by atoms with van der Waals surface area (Å²) in [4.78, 5) is 33.0. The molecule has 1 atom stereocenters. The fourth-order valence-corrected chi connectivity index (χ4v) is 4.33. The number of piperidine rings is 1. The molecule has 4 aromatic rings. The fourth-order valence-electron chi connectivity index (χ4n) is 4.33. The molecular formula is C25H23N5O. The Kier molecular flexibility index (Phi) is 5.12. The number of fused-ring (bicyclic) bond motifs is 1. The van der Waals surface area contributed by atoms with Crippen LogP contribution in [0.25, 0.3) is 22.0 Å². The molecule has 1 aromatic carbocycles. The number of aromatic nitrogens is 4. The lowest BCUT2D eigenvalue weighted by molar-refractivity contribution is 0.0706. The Morgan fingerprint density at radius 2 is 1.94 bits per heavy atom. The van der Waals surface area contributed by atoms with Crippen LogP contribution in [0.1, 0.15) is 40.6 Å². The quantitative estimate of drug-likeness (QED) is 0.501. The van der Waals surface area contributed by atoms with Gasteiger partial charge in [-0.15, -0.1) is 0 Å². The number of likely N-dealkylation sites (tertiary alicyclic amines) is 1. The van der Waals surface area contributed by atoms with E-state index in [0.717, 1.165) is 52.9 Å². The number of nitrogens with zero attached hydrogens (tertiary/aromatic N) is 5. The van der Waals surface area contributed by atoms with E-state index in [0.29, 0.717) is 12.1 Å². The second-order valence-electron chi connectivity index (χ2n) is 7.95. The van der Waals surface area contributed by atoms with Gasteiger partial charge in [0.25, 0.3) is 5.91 Å². The predicted octanol–water partition coefficient (Wildman–Crippen LogP) is 4.42. The Hall–Kier alpha value is -3.67. The van der Waals surface area contributed by atoms with Crippen LogP contribution in [0.5, 0.6) is 0 Å². The van der Waals surface area contributed by atoms with Crippen LogP contribution in [0.2, 0.25) is 0 Å². The summed E-state index contributed by atoms with van der Waals surface area (Å²) in [5.41, 5.74) is 4.68. The molecule has 0 spiro atoms. The van der Waals surface area contributed by atoms with E-state index < -0.39 is 0 Å². The summed E-state index contributed by atoms with van der Waals surface area (Å²) in [6.45, 7) is 3.32. The van der Waals surface area contributed by atoms with E-state index in [1.165, 1.54) is 0 Å². The summed E-state index contributed by atoms with van der Waals surface area (Å²) in [5.74, 6) is 0.981. The van der Waals surface area contributed by atoms with Crippen LogP contribution in [0.4, 0.5) is 0 Å². The molecule has 0 unspecified atom stereocenters. The molecule has 0 radical (unpaired) electrons. The summed E-state index contributed by atoms with van der Waals surface area (Å²) < 4.78 is 0. The predicted molar refractivity (Wildman–Crippen MR) is 120 cm³/mol. The minimum absolute atomic E-state index is 0.0618. The molecule has 0 aliphatic carbocycles. The number of aryl methyl sites for hydroxylation is 1. The first-order valence-corrected chi connectivity index (χ1v) is 10.6. The molecule has 6 heteroatoms. The Bertz CT molecular complexity index is 1240. The van der Waals surface area contributed by atoms with Crippen molar-refractivity contribution in [2.75, 3.05) is 13.1 Å². The van der Waals surface area contributed by atoms with Crippen LogP contribution in [-0.4, -0.2) is 43.8 Å². The second kappa shape index (κ2) is 8.22. The minimum Gasteiger partial charge on any atom is -0.338 e. The number of pyridine rings is 2. The second-order valence-corrected chi connectivity index (χ2v) is 7.95. The lowest BCUT2D eigenvalue weighted by atomic mass is 9.89. The van der Waals surface area contributed by atoms with Crippen molar-refractivity contribution in [1.29, 1.82) is 0 Å². The zero-order valence-electron chi connectivity index (χ0n) is 17.4. The number of carbonyl (C=O) groups is 1. The van der Waals surface area contributed by atoms with Gasteiger partial charge in [0.2, 0.25) is 0 Å². The van der Waals surface area contributed by atoms with Gasteiger partial charge >= 0.3 is 0 Å². The zero-order valence-corrected chi connectivity index (χ0v) is 17.4.